The average molecular weight is 379 g/mol. The van der Waals surface area contributed by atoms with Gasteiger partial charge in [-0.05, 0) is 41.5 Å². The zero-order chi connectivity index (χ0) is 19.4. The van der Waals surface area contributed by atoms with Gasteiger partial charge in [0.05, 0.1) is 4.91 Å². The molecule has 2 aromatic carbocycles. The summed E-state index contributed by atoms with van der Waals surface area (Å²) in [5.74, 6) is -1.84. The summed E-state index contributed by atoms with van der Waals surface area (Å²) >= 11 is 0.755. The molecule has 136 valence electrons. The number of carboxylic acid groups (broad SMARTS) is 1. The highest BCUT2D eigenvalue weighted by Crippen LogP contribution is 2.37. The second-order valence-corrected chi connectivity index (χ2v) is 7.00. The Kier molecular flexibility index (Phi) is 5.57. The summed E-state index contributed by atoms with van der Waals surface area (Å²) < 4.78 is 0. The number of carboxylic acids is 1. The Labute approximate surface area is 161 Å². The minimum atomic E-state index is -1.34. The number of nitrogens with zero attached hydrogens (tertiary/aromatic N) is 1. The van der Waals surface area contributed by atoms with E-state index in [0.29, 0.717) is 5.56 Å². The second-order valence-electron chi connectivity index (χ2n) is 6.00. The van der Waals surface area contributed by atoms with Crippen LogP contribution in [0.2, 0.25) is 0 Å². The van der Waals surface area contributed by atoms with Crippen molar-refractivity contribution in [3.63, 3.8) is 0 Å². The standard InChI is InChI=1S/C21H17NO4S/c1-14(12-15-8-4-2-5-9-15)13-17-19(23)22(21(26)27-17)18(20(24)25)16-10-6-3-7-11-16/h2-13,18H,1H3,(H,24,25). The first-order valence-corrected chi connectivity index (χ1v) is 9.07. The third kappa shape index (κ3) is 4.17. The highest BCUT2D eigenvalue weighted by molar-refractivity contribution is 8.18. The van der Waals surface area contributed by atoms with Gasteiger partial charge in [0.2, 0.25) is 0 Å². The van der Waals surface area contributed by atoms with E-state index in [1.807, 2.05) is 43.3 Å². The number of hydrogen-bond donors (Lipinski definition) is 1. The fourth-order valence-corrected chi connectivity index (χ4v) is 3.71. The van der Waals surface area contributed by atoms with E-state index in [4.69, 9.17) is 0 Å². The van der Waals surface area contributed by atoms with Gasteiger partial charge in [-0.25, -0.2) is 9.69 Å². The molecule has 0 aromatic heterocycles. The zero-order valence-electron chi connectivity index (χ0n) is 14.5. The van der Waals surface area contributed by atoms with Crippen LogP contribution in [0.15, 0.2) is 77.2 Å². The van der Waals surface area contributed by atoms with Crippen molar-refractivity contribution in [3.8, 4) is 0 Å². The van der Waals surface area contributed by atoms with Crippen molar-refractivity contribution in [2.45, 2.75) is 13.0 Å². The number of thioether (sulfide) groups is 1. The van der Waals surface area contributed by atoms with E-state index in [-0.39, 0.29) is 4.91 Å². The molecule has 1 aliphatic heterocycles. The van der Waals surface area contributed by atoms with Gasteiger partial charge in [-0.2, -0.15) is 0 Å². The molecular formula is C21H17NO4S. The molecule has 1 aliphatic rings. The molecule has 0 spiro atoms. The molecule has 2 aromatic rings. The Hall–Kier alpha value is -3.12. The van der Waals surface area contributed by atoms with Crippen molar-refractivity contribution >= 4 is 35.0 Å². The number of rotatable bonds is 5. The number of benzene rings is 2. The van der Waals surface area contributed by atoms with Crippen molar-refractivity contribution < 1.29 is 19.5 Å². The van der Waals surface area contributed by atoms with E-state index >= 15 is 0 Å². The van der Waals surface area contributed by atoms with Crippen LogP contribution in [0, 0.1) is 0 Å². The molecule has 1 unspecified atom stereocenters. The maximum Gasteiger partial charge on any atom is 0.331 e. The molecule has 1 heterocycles. The number of aliphatic carboxylic acids is 1. The van der Waals surface area contributed by atoms with Gasteiger partial charge in [0.15, 0.2) is 6.04 Å². The van der Waals surface area contributed by atoms with Crippen LogP contribution in [-0.4, -0.2) is 27.1 Å². The van der Waals surface area contributed by atoms with Crippen molar-refractivity contribution in [1.82, 2.24) is 4.90 Å². The summed E-state index contributed by atoms with van der Waals surface area (Å²) in [6.45, 7) is 1.83. The summed E-state index contributed by atoms with van der Waals surface area (Å²) in [6.07, 6.45) is 3.50. The number of hydrogen-bond acceptors (Lipinski definition) is 4. The van der Waals surface area contributed by atoms with Crippen molar-refractivity contribution in [1.29, 1.82) is 0 Å². The van der Waals surface area contributed by atoms with Gasteiger partial charge in [0, 0.05) is 0 Å². The number of amides is 2. The van der Waals surface area contributed by atoms with Crippen molar-refractivity contribution in [2.24, 2.45) is 0 Å². The van der Waals surface area contributed by atoms with Crippen LogP contribution >= 0.6 is 11.8 Å². The van der Waals surface area contributed by atoms with E-state index in [2.05, 4.69) is 0 Å². The Balaban J connectivity index is 1.90. The predicted octanol–water partition coefficient (Wildman–Crippen LogP) is 4.50. The minimum absolute atomic E-state index is 0.215. The van der Waals surface area contributed by atoms with Gasteiger partial charge in [-0.3, -0.25) is 9.59 Å². The summed E-state index contributed by atoms with van der Waals surface area (Å²) in [5, 5.41) is 9.01. The number of carbonyl (C=O) groups excluding carboxylic acids is 2. The Morgan fingerprint density at radius 2 is 1.63 bits per heavy atom. The lowest BCUT2D eigenvalue weighted by molar-refractivity contribution is -0.146. The Bertz CT molecular complexity index is 935. The van der Waals surface area contributed by atoms with E-state index in [1.165, 1.54) is 0 Å². The highest BCUT2D eigenvalue weighted by atomic mass is 32.2. The molecule has 0 saturated carbocycles. The monoisotopic (exact) mass is 379 g/mol. The molecule has 2 amide bonds. The summed E-state index contributed by atoms with van der Waals surface area (Å²) in [7, 11) is 0. The highest BCUT2D eigenvalue weighted by Gasteiger charge is 2.43. The van der Waals surface area contributed by atoms with Gasteiger partial charge in [-0.1, -0.05) is 66.7 Å². The van der Waals surface area contributed by atoms with Crippen LogP contribution in [0.5, 0.6) is 0 Å². The third-order valence-corrected chi connectivity index (χ3v) is 4.87. The van der Waals surface area contributed by atoms with E-state index in [9.17, 15) is 19.5 Å². The van der Waals surface area contributed by atoms with E-state index in [1.54, 1.807) is 36.4 Å². The van der Waals surface area contributed by atoms with Gasteiger partial charge in [0.1, 0.15) is 0 Å². The topological polar surface area (TPSA) is 74.7 Å². The smallest absolute Gasteiger partial charge is 0.331 e. The van der Waals surface area contributed by atoms with Gasteiger partial charge < -0.3 is 5.11 Å². The van der Waals surface area contributed by atoms with Crippen LogP contribution in [-0.2, 0) is 9.59 Å². The maximum atomic E-state index is 12.7. The second kappa shape index (κ2) is 8.05. The normalized spacial score (nSPS) is 17.4. The molecule has 0 aliphatic carbocycles. The first kappa shape index (κ1) is 18.7. The van der Waals surface area contributed by atoms with E-state index < -0.39 is 23.2 Å². The first-order valence-electron chi connectivity index (χ1n) is 8.25. The molecule has 1 N–H and O–H groups in total. The van der Waals surface area contributed by atoms with Crippen molar-refractivity contribution in [2.75, 3.05) is 0 Å². The number of allylic oxidation sites excluding steroid dienone is 2. The molecule has 27 heavy (non-hydrogen) atoms. The van der Waals surface area contributed by atoms with Crippen LogP contribution in [0.1, 0.15) is 24.1 Å². The lowest BCUT2D eigenvalue weighted by Gasteiger charge is -2.21. The lowest BCUT2D eigenvalue weighted by atomic mass is 10.1. The van der Waals surface area contributed by atoms with Crippen LogP contribution in [0.3, 0.4) is 0 Å². The number of carbonyl (C=O) groups is 3. The minimum Gasteiger partial charge on any atom is -0.479 e. The van der Waals surface area contributed by atoms with Gasteiger partial charge in [-0.15, -0.1) is 0 Å². The fraction of sp³-hybridized carbons (Fsp3) is 0.0952. The van der Waals surface area contributed by atoms with Crippen molar-refractivity contribution in [3.05, 3.63) is 88.3 Å². The van der Waals surface area contributed by atoms with Gasteiger partial charge in [0.25, 0.3) is 11.1 Å². The third-order valence-electron chi connectivity index (χ3n) is 3.98. The van der Waals surface area contributed by atoms with Crippen LogP contribution in [0.25, 0.3) is 6.08 Å². The SMILES string of the molecule is CC(=Cc1ccccc1)C=C1SC(=O)N(C(C(=O)O)c2ccccc2)C1=O. The molecule has 1 fully saturated rings. The van der Waals surface area contributed by atoms with Crippen LogP contribution < -0.4 is 0 Å². The Morgan fingerprint density at radius 1 is 1.04 bits per heavy atom. The lowest BCUT2D eigenvalue weighted by Crippen LogP contribution is -2.37. The zero-order valence-corrected chi connectivity index (χ0v) is 15.3. The molecule has 0 bridgehead atoms. The molecule has 5 nitrogen and oxygen atoms in total. The van der Waals surface area contributed by atoms with Gasteiger partial charge >= 0.3 is 5.97 Å². The molecule has 6 heteroatoms. The fourth-order valence-electron chi connectivity index (χ4n) is 2.80. The Morgan fingerprint density at radius 3 is 2.22 bits per heavy atom. The molecular weight excluding hydrogens is 362 g/mol. The maximum absolute atomic E-state index is 12.7. The first-order chi connectivity index (χ1) is 13.0. The summed E-state index contributed by atoms with van der Waals surface area (Å²) in [6, 6.07) is 16.5. The summed E-state index contributed by atoms with van der Waals surface area (Å²) in [4.78, 5) is 37.9. The molecule has 0 radical (unpaired) electrons. The molecule has 1 saturated heterocycles. The predicted molar refractivity (Wildman–Crippen MR) is 105 cm³/mol. The summed E-state index contributed by atoms with van der Waals surface area (Å²) in [5.41, 5.74) is 2.14. The van der Waals surface area contributed by atoms with E-state index in [0.717, 1.165) is 27.8 Å². The molecule has 3 rings (SSSR count). The molecule has 1 atom stereocenters. The largest absolute Gasteiger partial charge is 0.479 e. The quantitative estimate of drug-likeness (QED) is 0.775. The van der Waals surface area contributed by atoms with Crippen LogP contribution in [0.4, 0.5) is 4.79 Å². The number of imide groups is 1. The average Bonchev–Trinajstić information content (AvgIpc) is 2.91.